The zero-order chi connectivity index (χ0) is 19.1. The first-order valence-corrected chi connectivity index (χ1v) is 9.66. The summed E-state index contributed by atoms with van der Waals surface area (Å²) in [7, 11) is 0. The van der Waals surface area contributed by atoms with Crippen LogP contribution in [0.1, 0.15) is 15.9 Å². The second kappa shape index (κ2) is 9.06. The van der Waals surface area contributed by atoms with Gasteiger partial charge in [0.1, 0.15) is 0 Å². The van der Waals surface area contributed by atoms with E-state index in [1.54, 1.807) is 0 Å². The quantitative estimate of drug-likeness (QED) is 0.272. The van der Waals surface area contributed by atoms with E-state index in [0.717, 1.165) is 15.7 Å². The molecular weight excluding hydrogens is 384 g/mol. The molecule has 0 aliphatic rings. The molecule has 27 heavy (non-hydrogen) atoms. The topological polar surface area (TPSA) is 98.0 Å². The Hall–Kier alpha value is -3.04. The predicted molar refractivity (Wildman–Crippen MR) is 107 cm³/mol. The highest BCUT2D eigenvalue weighted by molar-refractivity contribution is 8.01. The number of hydrogen-bond donors (Lipinski definition) is 1. The van der Waals surface area contributed by atoms with Crippen LogP contribution in [0.5, 0.6) is 0 Å². The van der Waals surface area contributed by atoms with Gasteiger partial charge in [0.25, 0.3) is 11.6 Å². The van der Waals surface area contributed by atoms with Gasteiger partial charge in [-0.25, -0.2) is 0 Å². The van der Waals surface area contributed by atoms with Crippen LogP contribution in [-0.4, -0.2) is 26.8 Å². The van der Waals surface area contributed by atoms with Gasteiger partial charge in [0.2, 0.25) is 5.13 Å². The van der Waals surface area contributed by atoms with Crippen LogP contribution in [0.15, 0.2) is 65.0 Å². The fourth-order valence-electron chi connectivity index (χ4n) is 2.09. The van der Waals surface area contributed by atoms with Gasteiger partial charge < -0.3 is 0 Å². The molecule has 1 amide bonds. The van der Waals surface area contributed by atoms with Crippen LogP contribution in [0, 0.1) is 10.1 Å². The summed E-state index contributed by atoms with van der Waals surface area (Å²) < 4.78 is 0.742. The molecule has 0 saturated heterocycles. The number of aromatic nitrogens is 2. The molecule has 0 aliphatic carbocycles. The van der Waals surface area contributed by atoms with Gasteiger partial charge in [-0.15, -0.1) is 10.2 Å². The molecule has 0 aliphatic heterocycles. The molecule has 3 aromatic rings. The van der Waals surface area contributed by atoms with Crippen LogP contribution in [0.2, 0.25) is 0 Å². The first kappa shape index (κ1) is 18.7. The maximum Gasteiger partial charge on any atom is 0.269 e. The van der Waals surface area contributed by atoms with E-state index in [1.165, 1.54) is 47.4 Å². The van der Waals surface area contributed by atoms with Crippen LogP contribution < -0.4 is 5.32 Å². The van der Waals surface area contributed by atoms with Crippen molar-refractivity contribution in [2.24, 2.45) is 0 Å². The van der Waals surface area contributed by atoms with Crippen LogP contribution in [0.25, 0.3) is 6.08 Å². The van der Waals surface area contributed by atoms with E-state index in [-0.39, 0.29) is 11.6 Å². The molecule has 1 aromatic heterocycles. The number of nitrogens with one attached hydrogen (secondary N) is 1. The van der Waals surface area contributed by atoms with Gasteiger partial charge in [0.05, 0.1) is 4.92 Å². The standard InChI is InChI=1S/C18H14N4O3S2/c23-16(14-8-10-15(11-9-14)22(24)25)19-17-20-21-18(27-17)26-12-4-7-13-5-2-1-3-6-13/h1-11H,12H2,(H,19,20,23)/b7-4+. The zero-order valence-corrected chi connectivity index (χ0v) is 15.6. The summed E-state index contributed by atoms with van der Waals surface area (Å²) in [5, 5.41) is 21.7. The smallest absolute Gasteiger partial charge is 0.269 e. The third-order valence-corrected chi connectivity index (χ3v) is 5.30. The molecule has 0 atom stereocenters. The molecule has 1 N–H and O–H groups in total. The average molecular weight is 398 g/mol. The summed E-state index contributed by atoms with van der Waals surface area (Å²) in [4.78, 5) is 22.3. The highest BCUT2D eigenvalue weighted by atomic mass is 32.2. The number of amides is 1. The lowest BCUT2D eigenvalue weighted by atomic mass is 10.2. The molecule has 9 heteroatoms. The second-order valence-electron chi connectivity index (χ2n) is 5.26. The number of thioether (sulfide) groups is 1. The minimum absolute atomic E-state index is 0.0651. The summed E-state index contributed by atoms with van der Waals surface area (Å²) in [6, 6.07) is 15.4. The Bertz CT molecular complexity index is 956. The second-order valence-corrected chi connectivity index (χ2v) is 7.50. The average Bonchev–Trinajstić information content (AvgIpc) is 3.13. The third kappa shape index (κ3) is 5.47. The van der Waals surface area contributed by atoms with Gasteiger partial charge in [-0.1, -0.05) is 65.6 Å². The van der Waals surface area contributed by atoms with Crippen molar-refractivity contribution in [2.45, 2.75) is 4.34 Å². The van der Waals surface area contributed by atoms with Crippen LogP contribution in [0.4, 0.5) is 10.8 Å². The van der Waals surface area contributed by atoms with Gasteiger partial charge in [0, 0.05) is 23.4 Å². The molecule has 0 unspecified atom stereocenters. The Kier molecular flexibility index (Phi) is 6.29. The highest BCUT2D eigenvalue weighted by Crippen LogP contribution is 2.26. The van der Waals surface area contributed by atoms with Crippen molar-refractivity contribution in [2.75, 3.05) is 11.1 Å². The number of anilines is 1. The van der Waals surface area contributed by atoms with E-state index in [4.69, 9.17) is 0 Å². The normalized spacial score (nSPS) is 10.8. The SMILES string of the molecule is O=C(Nc1nnc(SC/C=C/c2ccccc2)s1)c1ccc([N+](=O)[O-])cc1. The summed E-state index contributed by atoms with van der Waals surface area (Å²) >= 11 is 2.80. The Labute approximate surface area is 163 Å². The first-order valence-electron chi connectivity index (χ1n) is 7.85. The number of carbonyl (C=O) groups excluding carboxylic acids is 1. The Balaban J connectivity index is 1.52. The van der Waals surface area contributed by atoms with E-state index in [0.29, 0.717) is 10.7 Å². The number of rotatable bonds is 7. The van der Waals surface area contributed by atoms with Crippen molar-refractivity contribution in [1.29, 1.82) is 0 Å². The lowest BCUT2D eigenvalue weighted by molar-refractivity contribution is -0.384. The Morgan fingerprint density at radius 3 is 2.59 bits per heavy atom. The van der Waals surface area contributed by atoms with E-state index in [1.807, 2.05) is 42.5 Å². The summed E-state index contributed by atoms with van der Waals surface area (Å²) in [5.41, 5.74) is 1.38. The number of hydrogen-bond acceptors (Lipinski definition) is 7. The van der Waals surface area contributed by atoms with Crippen LogP contribution in [-0.2, 0) is 0 Å². The van der Waals surface area contributed by atoms with E-state index >= 15 is 0 Å². The molecule has 0 bridgehead atoms. The molecule has 0 radical (unpaired) electrons. The molecule has 3 rings (SSSR count). The van der Waals surface area contributed by atoms with Gasteiger partial charge in [-0.05, 0) is 17.7 Å². The van der Waals surface area contributed by atoms with Crippen molar-refractivity contribution in [1.82, 2.24) is 10.2 Å². The Morgan fingerprint density at radius 1 is 1.15 bits per heavy atom. The molecule has 7 nitrogen and oxygen atoms in total. The minimum Gasteiger partial charge on any atom is -0.296 e. The molecule has 0 fully saturated rings. The van der Waals surface area contributed by atoms with Gasteiger partial charge in [0.15, 0.2) is 4.34 Å². The molecular formula is C18H14N4O3S2. The summed E-state index contributed by atoms with van der Waals surface area (Å²) in [5.74, 6) is 0.349. The van der Waals surface area contributed by atoms with E-state index in [2.05, 4.69) is 15.5 Å². The molecule has 1 heterocycles. The maximum absolute atomic E-state index is 12.2. The lowest BCUT2D eigenvalue weighted by Gasteiger charge is -2.00. The number of carbonyl (C=O) groups is 1. The summed E-state index contributed by atoms with van der Waals surface area (Å²) in [6.45, 7) is 0. The minimum atomic E-state index is -0.512. The molecule has 0 saturated carbocycles. The van der Waals surface area contributed by atoms with Crippen molar-refractivity contribution in [3.63, 3.8) is 0 Å². The first-order chi connectivity index (χ1) is 13.1. The molecule has 0 spiro atoms. The number of benzene rings is 2. The third-order valence-electron chi connectivity index (χ3n) is 3.38. The van der Waals surface area contributed by atoms with Gasteiger partial charge in [-0.2, -0.15) is 0 Å². The largest absolute Gasteiger partial charge is 0.296 e. The van der Waals surface area contributed by atoms with Crippen molar-refractivity contribution in [3.05, 3.63) is 81.9 Å². The van der Waals surface area contributed by atoms with Crippen molar-refractivity contribution in [3.8, 4) is 0 Å². The van der Waals surface area contributed by atoms with Gasteiger partial charge in [-0.3, -0.25) is 20.2 Å². The molecule has 136 valence electrons. The fraction of sp³-hybridized carbons (Fsp3) is 0.0556. The fourth-order valence-corrected chi connectivity index (χ4v) is 3.67. The zero-order valence-electron chi connectivity index (χ0n) is 13.9. The predicted octanol–water partition coefficient (Wildman–Crippen LogP) is 4.50. The van der Waals surface area contributed by atoms with E-state index in [9.17, 15) is 14.9 Å². The molecule has 2 aromatic carbocycles. The highest BCUT2D eigenvalue weighted by Gasteiger charge is 2.12. The Morgan fingerprint density at radius 2 is 1.89 bits per heavy atom. The van der Waals surface area contributed by atoms with Crippen LogP contribution in [0.3, 0.4) is 0 Å². The summed E-state index contributed by atoms with van der Waals surface area (Å²) in [6.07, 6.45) is 4.07. The number of nitro benzene ring substituents is 1. The van der Waals surface area contributed by atoms with Gasteiger partial charge >= 0.3 is 0 Å². The van der Waals surface area contributed by atoms with Crippen LogP contribution >= 0.6 is 23.1 Å². The lowest BCUT2D eigenvalue weighted by Crippen LogP contribution is -2.11. The van der Waals surface area contributed by atoms with Crippen molar-refractivity contribution >= 4 is 45.9 Å². The number of nitrogens with zero attached hydrogens (tertiary/aromatic N) is 3. The van der Waals surface area contributed by atoms with E-state index < -0.39 is 4.92 Å². The monoisotopic (exact) mass is 398 g/mol. The number of nitro groups is 1. The maximum atomic E-state index is 12.2. The number of non-ortho nitro benzene ring substituents is 1. The van der Waals surface area contributed by atoms with Crippen molar-refractivity contribution < 1.29 is 9.72 Å².